The van der Waals surface area contributed by atoms with E-state index in [0.29, 0.717) is 11.3 Å². The largest absolute Gasteiger partial charge is 0.123 e. The van der Waals surface area contributed by atoms with Gasteiger partial charge in [0.1, 0.15) is 0 Å². The number of unbranched alkanes of at least 4 members (excludes halogenated alkanes) is 6. The van der Waals surface area contributed by atoms with Gasteiger partial charge in [-0.3, -0.25) is 0 Å². The Morgan fingerprint density at radius 2 is 1.62 bits per heavy atom. The Balaban J connectivity index is 0.000000359. The van der Waals surface area contributed by atoms with Crippen molar-refractivity contribution in [3.8, 4) is 0 Å². The molecule has 0 nitrogen and oxygen atoms in total. The SMILES string of the molecule is C/C=C\CCCCC.CCCCCCc1ccc(C2CCC(Cl)C2)cc1. The third-order valence-electron chi connectivity index (χ3n) is 5.35. The molecule has 1 aliphatic rings. The minimum absolute atomic E-state index is 0.406. The van der Waals surface area contributed by atoms with Gasteiger partial charge in [-0.2, -0.15) is 0 Å². The molecule has 1 aliphatic carbocycles. The van der Waals surface area contributed by atoms with Gasteiger partial charge in [0.25, 0.3) is 0 Å². The van der Waals surface area contributed by atoms with E-state index in [1.54, 1.807) is 0 Å². The van der Waals surface area contributed by atoms with Crippen LogP contribution in [0.15, 0.2) is 36.4 Å². The van der Waals surface area contributed by atoms with Gasteiger partial charge in [0.15, 0.2) is 0 Å². The Bertz CT molecular complexity index is 460. The van der Waals surface area contributed by atoms with Gasteiger partial charge >= 0.3 is 0 Å². The third kappa shape index (κ3) is 10.4. The molecular weight excluding hydrogens is 336 g/mol. The molecule has 1 saturated carbocycles. The Kier molecular flexibility index (Phi) is 13.7. The summed E-state index contributed by atoms with van der Waals surface area (Å²) >= 11 is 6.19. The van der Waals surface area contributed by atoms with Gasteiger partial charge in [-0.15, -0.1) is 11.6 Å². The fourth-order valence-corrected chi connectivity index (χ4v) is 3.96. The highest BCUT2D eigenvalue weighted by molar-refractivity contribution is 6.20. The molecule has 0 bridgehead atoms. The highest BCUT2D eigenvalue weighted by Crippen LogP contribution is 2.37. The molecule has 26 heavy (non-hydrogen) atoms. The summed E-state index contributed by atoms with van der Waals surface area (Å²) in [6.07, 6.45) is 19.9. The maximum atomic E-state index is 6.19. The van der Waals surface area contributed by atoms with Crippen molar-refractivity contribution in [2.75, 3.05) is 0 Å². The number of rotatable bonds is 10. The average molecular weight is 377 g/mol. The summed E-state index contributed by atoms with van der Waals surface area (Å²) in [5, 5.41) is 0.406. The summed E-state index contributed by atoms with van der Waals surface area (Å²) < 4.78 is 0. The molecule has 2 atom stereocenters. The second-order valence-corrected chi connectivity index (χ2v) is 8.34. The predicted octanol–water partition coefficient (Wildman–Crippen LogP) is 8.83. The van der Waals surface area contributed by atoms with Crippen LogP contribution < -0.4 is 0 Å². The van der Waals surface area contributed by atoms with Gasteiger partial charge in [0.2, 0.25) is 0 Å². The molecule has 0 radical (unpaired) electrons. The first-order valence-corrected chi connectivity index (χ1v) is 11.5. The molecule has 2 unspecified atom stereocenters. The molecule has 0 saturated heterocycles. The number of benzene rings is 1. The van der Waals surface area contributed by atoms with Crippen molar-refractivity contribution in [3.63, 3.8) is 0 Å². The van der Waals surface area contributed by atoms with Gasteiger partial charge < -0.3 is 0 Å². The van der Waals surface area contributed by atoms with Crippen molar-refractivity contribution in [1.82, 2.24) is 0 Å². The van der Waals surface area contributed by atoms with Crippen LogP contribution in [0.3, 0.4) is 0 Å². The van der Waals surface area contributed by atoms with E-state index < -0.39 is 0 Å². The first-order chi connectivity index (χ1) is 12.7. The number of halogens is 1. The molecule has 1 fully saturated rings. The summed E-state index contributed by atoms with van der Waals surface area (Å²) in [6.45, 7) is 6.57. The lowest BCUT2D eigenvalue weighted by Gasteiger charge is -2.10. The van der Waals surface area contributed by atoms with Crippen LogP contribution in [0.1, 0.15) is 108 Å². The Morgan fingerprint density at radius 3 is 2.19 bits per heavy atom. The van der Waals surface area contributed by atoms with Crippen molar-refractivity contribution in [3.05, 3.63) is 47.5 Å². The fourth-order valence-electron chi connectivity index (χ4n) is 3.62. The van der Waals surface area contributed by atoms with Gasteiger partial charge in [0.05, 0.1) is 0 Å². The number of hydrogen-bond donors (Lipinski definition) is 0. The van der Waals surface area contributed by atoms with E-state index in [9.17, 15) is 0 Å². The van der Waals surface area contributed by atoms with E-state index >= 15 is 0 Å². The second kappa shape index (κ2) is 15.3. The lowest BCUT2D eigenvalue weighted by atomic mass is 9.95. The number of allylic oxidation sites excluding steroid dienone is 2. The Morgan fingerprint density at radius 1 is 0.923 bits per heavy atom. The summed E-state index contributed by atoms with van der Waals surface area (Å²) in [5.74, 6) is 0.710. The van der Waals surface area contributed by atoms with E-state index in [1.165, 1.54) is 81.8 Å². The molecule has 1 aromatic carbocycles. The molecular formula is C25H41Cl. The molecule has 0 aliphatic heterocycles. The van der Waals surface area contributed by atoms with Gasteiger partial charge in [-0.25, -0.2) is 0 Å². The molecule has 0 heterocycles. The molecule has 0 amide bonds. The summed E-state index contributed by atoms with van der Waals surface area (Å²) in [4.78, 5) is 0. The molecule has 148 valence electrons. The average Bonchev–Trinajstić information content (AvgIpc) is 3.10. The number of hydrogen-bond acceptors (Lipinski definition) is 0. The van der Waals surface area contributed by atoms with Crippen molar-refractivity contribution >= 4 is 11.6 Å². The van der Waals surface area contributed by atoms with Crippen molar-refractivity contribution < 1.29 is 0 Å². The second-order valence-electron chi connectivity index (χ2n) is 7.72. The zero-order valence-electron chi connectivity index (χ0n) is 17.5. The highest BCUT2D eigenvalue weighted by Gasteiger charge is 2.23. The van der Waals surface area contributed by atoms with Crippen molar-refractivity contribution in [1.29, 1.82) is 0 Å². The monoisotopic (exact) mass is 376 g/mol. The molecule has 2 rings (SSSR count). The van der Waals surface area contributed by atoms with Gasteiger partial charge in [-0.1, -0.05) is 82.4 Å². The van der Waals surface area contributed by atoms with Crippen LogP contribution in [0.5, 0.6) is 0 Å². The first kappa shape index (κ1) is 23.3. The smallest absolute Gasteiger partial charge is 0.0342 e. The molecule has 1 heteroatoms. The van der Waals surface area contributed by atoms with Crippen LogP contribution in [0.4, 0.5) is 0 Å². The van der Waals surface area contributed by atoms with Crippen LogP contribution in [0.25, 0.3) is 0 Å². The van der Waals surface area contributed by atoms with Crippen LogP contribution in [-0.2, 0) is 6.42 Å². The van der Waals surface area contributed by atoms with Crippen LogP contribution >= 0.6 is 11.6 Å². The van der Waals surface area contributed by atoms with Gasteiger partial charge in [0, 0.05) is 5.38 Å². The molecule has 0 spiro atoms. The number of aryl methyl sites for hydroxylation is 1. The topological polar surface area (TPSA) is 0 Å². The summed E-state index contributed by atoms with van der Waals surface area (Å²) in [5.41, 5.74) is 2.99. The van der Waals surface area contributed by atoms with Crippen LogP contribution in [-0.4, -0.2) is 5.38 Å². The minimum Gasteiger partial charge on any atom is -0.123 e. The normalized spacial score (nSPS) is 19.5. The fraction of sp³-hybridized carbons (Fsp3) is 0.680. The minimum atomic E-state index is 0.406. The summed E-state index contributed by atoms with van der Waals surface area (Å²) in [7, 11) is 0. The standard InChI is InChI=1S/C17H25Cl.C8H16/c1-2-3-4-5-6-14-7-9-15(10-8-14)16-11-12-17(18)13-16;1-3-5-7-8-6-4-2/h7-10,16-17H,2-6,11-13H2,1H3;3,5H,4,6-8H2,1-2H3/b;5-3-. The zero-order chi connectivity index (χ0) is 19.0. The molecule has 1 aromatic rings. The number of alkyl halides is 1. The Labute approximate surface area is 168 Å². The van der Waals surface area contributed by atoms with E-state index in [0.717, 1.165) is 6.42 Å². The Hall–Kier alpha value is -0.750. The highest BCUT2D eigenvalue weighted by atomic mass is 35.5. The van der Waals surface area contributed by atoms with E-state index in [4.69, 9.17) is 11.6 Å². The van der Waals surface area contributed by atoms with Crippen molar-refractivity contribution in [2.45, 2.75) is 109 Å². The van der Waals surface area contributed by atoms with Gasteiger partial charge in [-0.05, 0) is 68.9 Å². The maximum Gasteiger partial charge on any atom is 0.0342 e. The van der Waals surface area contributed by atoms with E-state index in [2.05, 4.69) is 57.2 Å². The third-order valence-corrected chi connectivity index (χ3v) is 5.75. The molecule has 0 aromatic heterocycles. The van der Waals surface area contributed by atoms with Crippen LogP contribution in [0.2, 0.25) is 0 Å². The quantitative estimate of drug-likeness (QED) is 0.217. The zero-order valence-corrected chi connectivity index (χ0v) is 18.2. The van der Waals surface area contributed by atoms with Crippen molar-refractivity contribution in [2.24, 2.45) is 0 Å². The lowest BCUT2D eigenvalue weighted by Crippen LogP contribution is -1.95. The van der Waals surface area contributed by atoms with E-state index in [1.807, 2.05) is 0 Å². The predicted molar refractivity (Wildman–Crippen MR) is 119 cm³/mol. The maximum absolute atomic E-state index is 6.19. The first-order valence-electron chi connectivity index (χ1n) is 11.0. The lowest BCUT2D eigenvalue weighted by molar-refractivity contribution is 0.666. The van der Waals surface area contributed by atoms with Crippen LogP contribution in [0, 0.1) is 0 Å². The summed E-state index contributed by atoms with van der Waals surface area (Å²) in [6, 6.07) is 9.30. The molecule has 0 N–H and O–H groups in total. The van der Waals surface area contributed by atoms with E-state index in [-0.39, 0.29) is 0 Å².